The highest BCUT2D eigenvalue weighted by Crippen LogP contribution is 2.36. The van der Waals surface area contributed by atoms with E-state index in [2.05, 4.69) is 61.4 Å². The second-order valence-corrected chi connectivity index (χ2v) is 10.8. The Morgan fingerprint density at radius 3 is 2.53 bits per heavy atom. The van der Waals surface area contributed by atoms with Gasteiger partial charge in [-0.2, -0.15) is 0 Å². The highest BCUT2D eigenvalue weighted by atomic mass is 16.1. The maximum Gasteiger partial charge on any atom is 0.255 e. The van der Waals surface area contributed by atoms with Crippen LogP contribution in [0, 0.1) is 18.8 Å². The monoisotopic (exact) mass is 506 g/mol. The molecule has 2 fully saturated rings. The minimum absolute atomic E-state index is 0.0919. The predicted molar refractivity (Wildman–Crippen MR) is 150 cm³/mol. The number of piperazine rings is 1. The van der Waals surface area contributed by atoms with E-state index in [1.165, 1.54) is 24.0 Å². The Bertz CT molecular complexity index is 1390. The number of amides is 1. The summed E-state index contributed by atoms with van der Waals surface area (Å²) in [6.07, 6.45) is 8.01. The SMILES string of the molecule is Cc1ccc(NC(=O)c2ccc3c(c2)CC[C@H]3N2CCN(C)CC2)cc1C#Cc1cnc(NC2CC2)nc1. The third-order valence-electron chi connectivity index (χ3n) is 7.83. The molecule has 2 heterocycles. The van der Waals surface area contributed by atoms with E-state index < -0.39 is 0 Å². The fourth-order valence-corrected chi connectivity index (χ4v) is 5.30. The van der Waals surface area contributed by atoms with E-state index in [-0.39, 0.29) is 5.91 Å². The lowest BCUT2D eigenvalue weighted by Gasteiger charge is -2.36. The smallest absolute Gasteiger partial charge is 0.255 e. The molecule has 0 bridgehead atoms. The van der Waals surface area contributed by atoms with Gasteiger partial charge in [-0.1, -0.05) is 24.0 Å². The lowest BCUT2D eigenvalue weighted by molar-refractivity contribution is 0.102. The molecule has 7 nitrogen and oxygen atoms in total. The van der Waals surface area contributed by atoms with Gasteiger partial charge < -0.3 is 15.5 Å². The molecule has 7 heteroatoms. The second-order valence-electron chi connectivity index (χ2n) is 10.8. The van der Waals surface area contributed by atoms with Crippen molar-refractivity contribution in [1.29, 1.82) is 0 Å². The number of fused-ring (bicyclic) bond motifs is 1. The number of nitrogens with one attached hydrogen (secondary N) is 2. The number of aromatic nitrogens is 2. The summed E-state index contributed by atoms with van der Waals surface area (Å²) in [7, 11) is 2.19. The number of carbonyl (C=O) groups excluding carboxylic acids is 1. The summed E-state index contributed by atoms with van der Waals surface area (Å²) in [6, 6.07) is 13.1. The Morgan fingerprint density at radius 1 is 0.974 bits per heavy atom. The van der Waals surface area contributed by atoms with Crippen molar-refractivity contribution < 1.29 is 4.79 Å². The molecule has 194 valence electrons. The zero-order chi connectivity index (χ0) is 26.1. The Kier molecular flexibility index (Phi) is 6.84. The second kappa shape index (κ2) is 10.6. The van der Waals surface area contributed by atoms with Crippen molar-refractivity contribution in [2.45, 2.75) is 44.7 Å². The van der Waals surface area contributed by atoms with Crippen LogP contribution in [0.1, 0.15) is 63.5 Å². The summed E-state index contributed by atoms with van der Waals surface area (Å²) < 4.78 is 0. The number of aryl methyl sites for hydroxylation is 2. The van der Waals surface area contributed by atoms with Gasteiger partial charge in [0, 0.05) is 67.5 Å². The van der Waals surface area contributed by atoms with E-state index in [1.54, 1.807) is 12.4 Å². The molecule has 2 N–H and O–H groups in total. The molecule has 1 atom stereocenters. The molecule has 3 aliphatic rings. The van der Waals surface area contributed by atoms with Crippen LogP contribution in [0.4, 0.5) is 11.6 Å². The van der Waals surface area contributed by atoms with Gasteiger partial charge in [-0.25, -0.2) is 9.97 Å². The van der Waals surface area contributed by atoms with E-state index in [0.29, 0.717) is 23.6 Å². The van der Waals surface area contributed by atoms with Gasteiger partial charge in [0.2, 0.25) is 5.95 Å². The van der Waals surface area contributed by atoms with Crippen molar-refractivity contribution in [3.63, 3.8) is 0 Å². The number of hydrogen-bond donors (Lipinski definition) is 2. The van der Waals surface area contributed by atoms with Crippen molar-refractivity contribution in [3.8, 4) is 11.8 Å². The Morgan fingerprint density at radius 2 is 1.76 bits per heavy atom. The first kappa shape index (κ1) is 24.6. The molecule has 0 unspecified atom stereocenters. The van der Waals surface area contributed by atoms with Crippen molar-refractivity contribution in [2.75, 3.05) is 43.9 Å². The molecule has 1 saturated carbocycles. The topological polar surface area (TPSA) is 73.4 Å². The van der Waals surface area contributed by atoms with Gasteiger partial charge in [0.15, 0.2) is 0 Å². The summed E-state index contributed by atoms with van der Waals surface area (Å²) in [5, 5.41) is 6.35. The fraction of sp³-hybridized carbons (Fsp3) is 0.387. The van der Waals surface area contributed by atoms with E-state index in [4.69, 9.17) is 0 Å². The average Bonchev–Trinajstić information content (AvgIpc) is 3.65. The van der Waals surface area contributed by atoms with E-state index in [1.807, 2.05) is 31.2 Å². The quantitative estimate of drug-likeness (QED) is 0.504. The Hall–Kier alpha value is -3.73. The minimum Gasteiger partial charge on any atom is -0.351 e. The first-order valence-electron chi connectivity index (χ1n) is 13.6. The largest absolute Gasteiger partial charge is 0.351 e. The molecule has 1 amide bonds. The van der Waals surface area contributed by atoms with Crippen molar-refractivity contribution in [2.24, 2.45) is 0 Å². The van der Waals surface area contributed by atoms with Crippen molar-refractivity contribution >= 4 is 17.5 Å². The fourth-order valence-electron chi connectivity index (χ4n) is 5.30. The molecular weight excluding hydrogens is 472 g/mol. The summed E-state index contributed by atoms with van der Waals surface area (Å²) >= 11 is 0. The van der Waals surface area contributed by atoms with Gasteiger partial charge in [0.25, 0.3) is 5.91 Å². The summed E-state index contributed by atoms with van der Waals surface area (Å²) in [5.41, 5.74) is 6.81. The van der Waals surface area contributed by atoms with Crippen LogP contribution in [0.5, 0.6) is 0 Å². The van der Waals surface area contributed by atoms with Gasteiger partial charge >= 0.3 is 0 Å². The van der Waals surface area contributed by atoms with Gasteiger partial charge in [-0.3, -0.25) is 9.69 Å². The molecule has 1 saturated heterocycles. The standard InChI is InChI=1S/C31H34N6O/c1-21-3-8-27(18-23(21)5-4-22-19-32-31(33-20-22)35-26-9-10-26)34-30(38)25-6-11-28-24(17-25)7-12-29(28)37-15-13-36(2)14-16-37/h3,6,8,11,17-20,26,29H,7,9-10,12-16H2,1-2H3,(H,34,38)(H,32,33,35)/t29-/m1/s1. The Labute approximate surface area is 224 Å². The van der Waals surface area contributed by atoms with Crippen LogP contribution in [-0.4, -0.2) is 64.9 Å². The number of likely N-dealkylation sites (N-methyl/N-ethyl adjacent to an activating group) is 1. The molecule has 6 rings (SSSR count). The maximum absolute atomic E-state index is 13.1. The van der Waals surface area contributed by atoms with Crippen LogP contribution >= 0.6 is 0 Å². The van der Waals surface area contributed by atoms with Crippen LogP contribution in [-0.2, 0) is 6.42 Å². The molecule has 38 heavy (non-hydrogen) atoms. The van der Waals surface area contributed by atoms with Gasteiger partial charge in [0.1, 0.15) is 0 Å². The molecule has 2 aliphatic carbocycles. The van der Waals surface area contributed by atoms with Gasteiger partial charge in [-0.15, -0.1) is 0 Å². The summed E-state index contributed by atoms with van der Waals surface area (Å²) in [6.45, 7) is 6.47. The zero-order valence-corrected chi connectivity index (χ0v) is 22.1. The first-order valence-corrected chi connectivity index (χ1v) is 13.6. The average molecular weight is 507 g/mol. The van der Waals surface area contributed by atoms with Crippen LogP contribution < -0.4 is 10.6 Å². The number of rotatable bonds is 5. The molecule has 0 radical (unpaired) electrons. The highest BCUT2D eigenvalue weighted by molar-refractivity contribution is 6.04. The number of anilines is 2. The van der Waals surface area contributed by atoms with Crippen molar-refractivity contribution in [1.82, 2.24) is 19.8 Å². The zero-order valence-electron chi connectivity index (χ0n) is 22.1. The summed E-state index contributed by atoms with van der Waals surface area (Å²) in [5.74, 6) is 6.93. The normalized spacial score (nSPS) is 19.4. The molecule has 0 spiro atoms. The minimum atomic E-state index is -0.0919. The van der Waals surface area contributed by atoms with Crippen LogP contribution in [0.25, 0.3) is 0 Å². The Balaban J connectivity index is 1.12. The van der Waals surface area contributed by atoms with Crippen molar-refractivity contribution in [3.05, 3.63) is 82.2 Å². The van der Waals surface area contributed by atoms with Crippen LogP contribution in [0.15, 0.2) is 48.8 Å². The lowest BCUT2D eigenvalue weighted by atomic mass is 10.0. The molecular formula is C31H34N6O. The van der Waals surface area contributed by atoms with E-state index in [9.17, 15) is 4.79 Å². The van der Waals surface area contributed by atoms with Gasteiger partial charge in [-0.05, 0) is 80.6 Å². The predicted octanol–water partition coefficient (Wildman–Crippen LogP) is 4.25. The third kappa shape index (κ3) is 5.57. The number of benzene rings is 2. The third-order valence-corrected chi connectivity index (χ3v) is 7.83. The molecule has 3 aromatic rings. The lowest BCUT2D eigenvalue weighted by Crippen LogP contribution is -2.45. The summed E-state index contributed by atoms with van der Waals surface area (Å²) in [4.78, 5) is 26.8. The first-order chi connectivity index (χ1) is 18.5. The van der Waals surface area contributed by atoms with E-state index >= 15 is 0 Å². The number of hydrogen-bond acceptors (Lipinski definition) is 6. The highest BCUT2D eigenvalue weighted by Gasteiger charge is 2.30. The van der Waals surface area contributed by atoms with Crippen LogP contribution in [0.2, 0.25) is 0 Å². The van der Waals surface area contributed by atoms with Crippen LogP contribution in [0.3, 0.4) is 0 Å². The van der Waals surface area contributed by atoms with E-state index in [0.717, 1.165) is 61.4 Å². The number of nitrogens with zero attached hydrogens (tertiary/aromatic N) is 4. The number of carbonyl (C=O) groups is 1. The maximum atomic E-state index is 13.1. The van der Waals surface area contributed by atoms with Gasteiger partial charge in [0.05, 0.1) is 5.56 Å². The molecule has 2 aromatic carbocycles. The molecule has 1 aliphatic heterocycles. The molecule has 1 aromatic heterocycles.